The normalized spacial score (nSPS) is 45.3. The molecule has 2 heterocycles. The Morgan fingerprint density at radius 3 is 2.72 bits per heavy atom. The summed E-state index contributed by atoms with van der Waals surface area (Å²) in [6.45, 7) is 8.77. The average molecular weight is 405 g/mol. The third kappa shape index (κ3) is 3.03. The van der Waals surface area contributed by atoms with Crippen LogP contribution in [0.1, 0.15) is 47.0 Å². The van der Waals surface area contributed by atoms with Crippen molar-refractivity contribution >= 4 is 5.97 Å². The summed E-state index contributed by atoms with van der Waals surface area (Å²) in [7, 11) is 0. The number of aliphatic hydroxyl groups is 2. The largest absolute Gasteiger partial charge is 0.458 e. The zero-order valence-electron chi connectivity index (χ0n) is 17.6. The van der Waals surface area contributed by atoms with E-state index in [0.29, 0.717) is 13.0 Å². The fraction of sp³-hybridized carbons (Fsp3) is 0.696. The van der Waals surface area contributed by atoms with Crippen LogP contribution in [0.15, 0.2) is 36.0 Å². The molecule has 29 heavy (non-hydrogen) atoms. The van der Waals surface area contributed by atoms with Gasteiger partial charge in [0, 0.05) is 23.3 Å². The van der Waals surface area contributed by atoms with Gasteiger partial charge in [-0.05, 0) is 26.7 Å². The highest BCUT2D eigenvalue weighted by Crippen LogP contribution is 2.71. The van der Waals surface area contributed by atoms with Crippen LogP contribution in [0, 0.1) is 10.8 Å². The minimum atomic E-state index is -0.965. The second-order valence-electron chi connectivity index (χ2n) is 9.49. The van der Waals surface area contributed by atoms with Crippen LogP contribution in [0.2, 0.25) is 0 Å². The number of fused-ring (bicyclic) bond motifs is 2. The SMILES string of the molecule is CC1=CC2OC3CC(OC(=O)/C=C/C=C/C(O)C(C)O)C(C)(C2(C)CC1)C31CO1. The number of allylic oxidation sites excluding steroid dienone is 3. The highest BCUT2D eigenvalue weighted by atomic mass is 16.6. The molecule has 6 heteroatoms. The maximum absolute atomic E-state index is 12.5. The molecule has 0 aromatic heterocycles. The van der Waals surface area contributed by atoms with Crippen LogP contribution < -0.4 is 0 Å². The Morgan fingerprint density at radius 2 is 2.07 bits per heavy atom. The number of hydrogen-bond acceptors (Lipinski definition) is 6. The molecule has 2 aliphatic heterocycles. The molecule has 4 aliphatic rings. The number of epoxide rings is 1. The minimum Gasteiger partial charge on any atom is -0.458 e. The zero-order chi connectivity index (χ0) is 21.0. The molecule has 0 radical (unpaired) electrons. The molecule has 8 atom stereocenters. The van der Waals surface area contributed by atoms with Crippen LogP contribution in [0.4, 0.5) is 0 Å². The molecule has 0 amide bonds. The van der Waals surface area contributed by atoms with Crippen molar-refractivity contribution in [3.05, 3.63) is 36.0 Å². The highest BCUT2D eigenvalue weighted by Gasteiger charge is 2.81. The molecule has 0 aromatic carbocycles. The topological polar surface area (TPSA) is 88.5 Å². The number of hydrogen-bond donors (Lipinski definition) is 2. The van der Waals surface area contributed by atoms with Gasteiger partial charge in [0.05, 0.1) is 31.0 Å². The predicted octanol–water partition coefficient (Wildman–Crippen LogP) is 2.45. The molecule has 2 aliphatic carbocycles. The Labute approximate surface area is 172 Å². The van der Waals surface area contributed by atoms with E-state index in [2.05, 4.69) is 26.8 Å². The van der Waals surface area contributed by atoms with Crippen molar-refractivity contribution in [3.8, 4) is 0 Å². The van der Waals surface area contributed by atoms with Gasteiger partial charge in [0.2, 0.25) is 0 Å². The molecule has 8 unspecified atom stereocenters. The van der Waals surface area contributed by atoms with Crippen LogP contribution in [0.25, 0.3) is 0 Å². The quantitative estimate of drug-likeness (QED) is 0.241. The maximum atomic E-state index is 12.5. The fourth-order valence-electron chi connectivity index (χ4n) is 5.67. The number of rotatable bonds is 5. The van der Waals surface area contributed by atoms with Gasteiger partial charge in [0.1, 0.15) is 11.7 Å². The number of esters is 1. The fourth-order valence-corrected chi connectivity index (χ4v) is 5.67. The Balaban J connectivity index is 1.52. The second-order valence-corrected chi connectivity index (χ2v) is 9.49. The summed E-state index contributed by atoms with van der Waals surface area (Å²) in [5.41, 5.74) is 0.525. The second kappa shape index (κ2) is 7.05. The van der Waals surface area contributed by atoms with Crippen LogP contribution in [0.5, 0.6) is 0 Å². The Hall–Kier alpha value is -1.47. The zero-order valence-corrected chi connectivity index (χ0v) is 17.6. The predicted molar refractivity (Wildman–Crippen MR) is 107 cm³/mol. The molecule has 1 spiro atoms. The van der Waals surface area contributed by atoms with Crippen LogP contribution in [-0.2, 0) is 19.0 Å². The Bertz CT molecular complexity index is 763. The number of carbonyl (C=O) groups excluding carboxylic acids is 1. The molecular formula is C23H32O6. The smallest absolute Gasteiger partial charge is 0.331 e. The lowest BCUT2D eigenvalue weighted by Gasteiger charge is -2.57. The molecule has 0 aromatic rings. The van der Waals surface area contributed by atoms with E-state index in [9.17, 15) is 15.0 Å². The standard InChI is InChI=1S/C23H32O6/c1-14-9-10-21(3)17(11-14)28-19-12-18(22(21,4)23(19)13-27-23)29-20(26)8-6-5-7-16(25)15(2)24/h5-8,11,15-19,24-25H,9-10,12-13H2,1-4H3/b7-5+,8-6+. The molecular weight excluding hydrogens is 372 g/mol. The molecule has 160 valence electrons. The summed E-state index contributed by atoms with van der Waals surface area (Å²) < 4.78 is 18.4. The number of ether oxygens (including phenoxy) is 3. The molecule has 2 saturated heterocycles. The van der Waals surface area contributed by atoms with E-state index >= 15 is 0 Å². The molecule has 1 saturated carbocycles. The summed E-state index contributed by atoms with van der Waals surface area (Å²) in [6, 6.07) is 0. The van der Waals surface area contributed by atoms with E-state index in [1.165, 1.54) is 36.8 Å². The lowest BCUT2D eigenvalue weighted by molar-refractivity contribution is -0.209. The van der Waals surface area contributed by atoms with Gasteiger partial charge in [-0.2, -0.15) is 0 Å². The summed E-state index contributed by atoms with van der Waals surface area (Å²) in [4.78, 5) is 12.5. The first-order chi connectivity index (χ1) is 13.6. The van der Waals surface area contributed by atoms with Gasteiger partial charge in [-0.25, -0.2) is 4.79 Å². The summed E-state index contributed by atoms with van der Waals surface area (Å²) >= 11 is 0. The first-order valence-electron chi connectivity index (χ1n) is 10.5. The van der Waals surface area contributed by atoms with E-state index in [1.54, 1.807) is 0 Å². The third-order valence-corrected chi connectivity index (χ3v) is 7.93. The van der Waals surface area contributed by atoms with Gasteiger partial charge < -0.3 is 24.4 Å². The van der Waals surface area contributed by atoms with Crippen molar-refractivity contribution in [2.24, 2.45) is 10.8 Å². The van der Waals surface area contributed by atoms with E-state index < -0.39 is 18.2 Å². The maximum Gasteiger partial charge on any atom is 0.331 e. The average Bonchev–Trinajstić information content (AvgIpc) is 3.43. The van der Waals surface area contributed by atoms with Crippen molar-refractivity contribution in [3.63, 3.8) is 0 Å². The van der Waals surface area contributed by atoms with Crippen LogP contribution in [-0.4, -0.2) is 58.9 Å². The van der Waals surface area contributed by atoms with Crippen molar-refractivity contribution in [2.45, 2.75) is 83.1 Å². The van der Waals surface area contributed by atoms with Gasteiger partial charge in [0.25, 0.3) is 0 Å². The van der Waals surface area contributed by atoms with Crippen molar-refractivity contribution in [2.75, 3.05) is 6.61 Å². The summed E-state index contributed by atoms with van der Waals surface area (Å²) in [6.07, 6.45) is 8.59. The van der Waals surface area contributed by atoms with Crippen molar-refractivity contribution in [1.29, 1.82) is 0 Å². The Morgan fingerprint density at radius 1 is 1.34 bits per heavy atom. The lowest BCUT2D eigenvalue weighted by atomic mass is 9.52. The minimum absolute atomic E-state index is 0.0187. The molecule has 4 rings (SSSR count). The van der Waals surface area contributed by atoms with E-state index in [4.69, 9.17) is 14.2 Å². The third-order valence-electron chi connectivity index (χ3n) is 7.93. The van der Waals surface area contributed by atoms with Gasteiger partial charge in [-0.15, -0.1) is 0 Å². The first-order valence-corrected chi connectivity index (χ1v) is 10.5. The van der Waals surface area contributed by atoms with Crippen molar-refractivity contribution in [1.82, 2.24) is 0 Å². The number of carbonyl (C=O) groups is 1. The van der Waals surface area contributed by atoms with Gasteiger partial charge in [0.15, 0.2) is 0 Å². The van der Waals surface area contributed by atoms with Gasteiger partial charge >= 0.3 is 5.97 Å². The summed E-state index contributed by atoms with van der Waals surface area (Å²) in [5.74, 6) is -0.418. The molecule has 2 N–H and O–H groups in total. The first kappa shape index (κ1) is 20.8. The Kier molecular flexibility index (Phi) is 5.05. The highest BCUT2D eigenvalue weighted by molar-refractivity contribution is 5.82. The van der Waals surface area contributed by atoms with E-state index in [0.717, 1.165) is 12.8 Å². The van der Waals surface area contributed by atoms with Crippen molar-refractivity contribution < 1.29 is 29.2 Å². The van der Waals surface area contributed by atoms with Gasteiger partial charge in [-0.1, -0.05) is 43.7 Å². The van der Waals surface area contributed by atoms with Crippen LogP contribution in [0.3, 0.4) is 0 Å². The molecule has 3 fully saturated rings. The van der Waals surface area contributed by atoms with Gasteiger partial charge in [-0.3, -0.25) is 0 Å². The van der Waals surface area contributed by atoms with E-state index in [1.807, 2.05) is 0 Å². The molecule has 6 nitrogen and oxygen atoms in total. The van der Waals surface area contributed by atoms with Crippen LogP contribution >= 0.6 is 0 Å². The molecule has 2 bridgehead atoms. The monoisotopic (exact) mass is 404 g/mol. The number of aliphatic hydroxyl groups excluding tert-OH is 2. The lowest BCUT2D eigenvalue weighted by Crippen LogP contribution is -2.63. The summed E-state index contributed by atoms with van der Waals surface area (Å²) in [5, 5.41) is 18.8. The van der Waals surface area contributed by atoms with E-state index in [-0.39, 0.29) is 34.7 Å².